The Kier molecular flexibility index (Phi) is 3.86. The Bertz CT molecular complexity index is 894. The van der Waals surface area contributed by atoms with Crippen LogP contribution in [0.4, 0.5) is 5.69 Å². The standard InChI is InChI=1S/C21H18N2O2/c1-24-15-8-10-17-18-11-9-16(25-2)13-20(18)21(19(17)12-15)23-22-14-6-4-3-5-7-14/h3-13,22H,1-2H3. The summed E-state index contributed by atoms with van der Waals surface area (Å²) in [5.41, 5.74) is 9.36. The first kappa shape index (κ1) is 15.3. The third-order valence-corrected chi connectivity index (χ3v) is 4.32. The van der Waals surface area contributed by atoms with Crippen molar-refractivity contribution >= 4 is 11.4 Å². The number of methoxy groups -OCH3 is 2. The quantitative estimate of drug-likeness (QED) is 0.558. The molecule has 4 heteroatoms. The van der Waals surface area contributed by atoms with Gasteiger partial charge >= 0.3 is 0 Å². The van der Waals surface area contributed by atoms with E-state index in [2.05, 4.69) is 22.7 Å². The highest BCUT2D eigenvalue weighted by Crippen LogP contribution is 2.40. The van der Waals surface area contributed by atoms with Gasteiger partial charge in [0.2, 0.25) is 0 Å². The van der Waals surface area contributed by atoms with Crippen molar-refractivity contribution in [3.8, 4) is 22.6 Å². The largest absolute Gasteiger partial charge is 0.497 e. The maximum atomic E-state index is 5.39. The maximum Gasteiger partial charge on any atom is 0.119 e. The van der Waals surface area contributed by atoms with Crippen molar-refractivity contribution in [2.45, 2.75) is 0 Å². The number of hydrogen-bond acceptors (Lipinski definition) is 4. The summed E-state index contributed by atoms with van der Waals surface area (Å²) in [5, 5.41) is 4.68. The maximum absolute atomic E-state index is 5.39. The minimum atomic E-state index is 0.811. The summed E-state index contributed by atoms with van der Waals surface area (Å²) in [4.78, 5) is 0. The minimum Gasteiger partial charge on any atom is -0.497 e. The number of fused-ring (bicyclic) bond motifs is 3. The first-order valence-corrected chi connectivity index (χ1v) is 8.06. The van der Waals surface area contributed by atoms with Crippen LogP contribution in [0.15, 0.2) is 71.8 Å². The van der Waals surface area contributed by atoms with E-state index in [0.29, 0.717) is 0 Å². The molecule has 3 aromatic rings. The van der Waals surface area contributed by atoms with Gasteiger partial charge in [0.05, 0.1) is 25.6 Å². The monoisotopic (exact) mass is 330 g/mol. The molecule has 0 bridgehead atoms. The summed E-state index contributed by atoms with van der Waals surface area (Å²) in [6.45, 7) is 0. The van der Waals surface area contributed by atoms with Crippen molar-refractivity contribution in [2.24, 2.45) is 5.10 Å². The fourth-order valence-corrected chi connectivity index (χ4v) is 3.06. The van der Waals surface area contributed by atoms with Crippen molar-refractivity contribution in [3.63, 3.8) is 0 Å². The zero-order valence-corrected chi connectivity index (χ0v) is 14.1. The number of benzene rings is 3. The van der Waals surface area contributed by atoms with Crippen LogP contribution in [0, 0.1) is 0 Å². The first-order chi connectivity index (χ1) is 12.3. The van der Waals surface area contributed by atoms with Gasteiger partial charge in [0, 0.05) is 11.1 Å². The van der Waals surface area contributed by atoms with Crippen LogP contribution in [0.1, 0.15) is 11.1 Å². The van der Waals surface area contributed by atoms with E-state index in [0.717, 1.165) is 45.2 Å². The molecule has 0 aliphatic heterocycles. The smallest absolute Gasteiger partial charge is 0.119 e. The second-order valence-corrected chi connectivity index (χ2v) is 5.76. The molecule has 0 aromatic heterocycles. The summed E-state index contributed by atoms with van der Waals surface area (Å²) in [5.74, 6) is 1.62. The highest BCUT2D eigenvalue weighted by atomic mass is 16.5. The molecule has 1 N–H and O–H groups in total. The predicted octanol–water partition coefficient (Wildman–Crippen LogP) is 4.55. The summed E-state index contributed by atoms with van der Waals surface area (Å²) in [6, 6.07) is 22.0. The van der Waals surface area contributed by atoms with E-state index in [1.54, 1.807) is 14.2 Å². The van der Waals surface area contributed by atoms with Gasteiger partial charge in [-0.2, -0.15) is 5.10 Å². The Labute approximate surface area is 146 Å². The zero-order chi connectivity index (χ0) is 17.2. The van der Waals surface area contributed by atoms with Crippen molar-refractivity contribution in [1.82, 2.24) is 0 Å². The van der Waals surface area contributed by atoms with Gasteiger partial charge in [-0.3, -0.25) is 5.43 Å². The van der Waals surface area contributed by atoms with Gasteiger partial charge in [0.25, 0.3) is 0 Å². The first-order valence-electron chi connectivity index (χ1n) is 8.06. The summed E-state index contributed by atoms with van der Waals surface area (Å²) < 4.78 is 10.8. The highest BCUT2D eigenvalue weighted by molar-refractivity contribution is 6.25. The van der Waals surface area contributed by atoms with E-state index in [1.165, 1.54) is 0 Å². The van der Waals surface area contributed by atoms with Crippen molar-refractivity contribution in [2.75, 3.05) is 19.6 Å². The molecule has 1 aliphatic carbocycles. The van der Waals surface area contributed by atoms with Gasteiger partial charge in [-0.05, 0) is 59.7 Å². The average molecular weight is 330 g/mol. The number of ether oxygens (including phenoxy) is 2. The fraction of sp³-hybridized carbons (Fsp3) is 0.0952. The number of hydrogen-bond donors (Lipinski definition) is 1. The van der Waals surface area contributed by atoms with Crippen molar-refractivity contribution in [1.29, 1.82) is 0 Å². The number of para-hydroxylation sites is 1. The number of hydrazone groups is 1. The molecule has 0 saturated heterocycles. The normalized spacial score (nSPS) is 11.5. The van der Waals surface area contributed by atoms with Crippen LogP contribution < -0.4 is 14.9 Å². The van der Waals surface area contributed by atoms with Gasteiger partial charge in [0.15, 0.2) is 0 Å². The number of nitrogens with zero attached hydrogens (tertiary/aromatic N) is 1. The summed E-state index contributed by atoms with van der Waals surface area (Å²) in [7, 11) is 3.35. The molecule has 124 valence electrons. The Morgan fingerprint density at radius 2 is 1.24 bits per heavy atom. The molecule has 4 nitrogen and oxygen atoms in total. The Hall–Kier alpha value is -3.27. The topological polar surface area (TPSA) is 42.8 Å². The van der Waals surface area contributed by atoms with Crippen molar-refractivity contribution in [3.05, 3.63) is 77.9 Å². The second-order valence-electron chi connectivity index (χ2n) is 5.76. The fourth-order valence-electron chi connectivity index (χ4n) is 3.06. The van der Waals surface area contributed by atoms with Gasteiger partial charge in [-0.1, -0.05) is 18.2 Å². The molecular weight excluding hydrogens is 312 g/mol. The molecule has 0 spiro atoms. The SMILES string of the molecule is COc1ccc2c(c1)C(=NNc1ccccc1)c1cc(OC)ccc1-2. The van der Waals surface area contributed by atoms with Crippen LogP contribution in [-0.2, 0) is 0 Å². The summed E-state index contributed by atoms with van der Waals surface area (Å²) >= 11 is 0. The number of nitrogens with one attached hydrogen (secondary N) is 1. The highest BCUT2D eigenvalue weighted by Gasteiger charge is 2.26. The molecule has 0 radical (unpaired) electrons. The number of rotatable bonds is 4. The Morgan fingerprint density at radius 1 is 0.680 bits per heavy atom. The number of anilines is 1. The van der Waals surface area contributed by atoms with E-state index in [4.69, 9.17) is 9.47 Å². The van der Waals surface area contributed by atoms with E-state index in [1.807, 2.05) is 54.6 Å². The van der Waals surface area contributed by atoms with Crippen molar-refractivity contribution < 1.29 is 9.47 Å². The minimum absolute atomic E-state index is 0.811. The lowest BCUT2D eigenvalue weighted by molar-refractivity contribution is 0.414. The van der Waals surface area contributed by atoms with E-state index in [-0.39, 0.29) is 0 Å². The molecule has 0 unspecified atom stereocenters. The second kappa shape index (κ2) is 6.32. The van der Waals surface area contributed by atoms with Gasteiger partial charge in [-0.25, -0.2) is 0 Å². The Morgan fingerprint density at radius 3 is 1.76 bits per heavy atom. The van der Waals surface area contributed by atoms with Crippen LogP contribution in [0.3, 0.4) is 0 Å². The van der Waals surface area contributed by atoms with Crippen LogP contribution >= 0.6 is 0 Å². The molecule has 25 heavy (non-hydrogen) atoms. The molecule has 0 heterocycles. The van der Waals surface area contributed by atoms with Crippen LogP contribution in [0.2, 0.25) is 0 Å². The Balaban J connectivity index is 1.84. The van der Waals surface area contributed by atoms with Crippen LogP contribution in [0.25, 0.3) is 11.1 Å². The molecule has 3 aromatic carbocycles. The lowest BCUT2D eigenvalue weighted by Gasteiger charge is -2.06. The third-order valence-electron chi connectivity index (χ3n) is 4.32. The molecule has 0 amide bonds. The van der Waals surface area contributed by atoms with Gasteiger partial charge in [-0.15, -0.1) is 0 Å². The van der Waals surface area contributed by atoms with Gasteiger partial charge in [0.1, 0.15) is 11.5 Å². The van der Waals surface area contributed by atoms with E-state index >= 15 is 0 Å². The predicted molar refractivity (Wildman–Crippen MR) is 101 cm³/mol. The molecule has 4 rings (SSSR count). The van der Waals surface area contributed by atoms with E-state index in [9.17, 15) is 0 Å². The third kappa shape index (κ3) is 2.72. The van der Waals surface area contributed by atoms with E-state index < -0.39 is 0 Å². The average Bonchev–Trinajstić information content (AvgIpc) is 2.99. The lowest BCUT2D eigenvalue weighted by atomic mass is 10.1. The molecular formula is C21H18N2O2. The molecule has 0 saturated carbocycles. The van der Waals surface area contributed by atoms with Crippen LogP contribution in [0.5, 0.6) is 11.5 Å². The lowest BCUT2D eigenvalue weighted by Crippen LogP contribution is -2.03. The zero-order valence-electron chi connectivity index (χ0n) is 14.1. The molecule has 0 fully saturated rings. The molecule has 1 aliphatic rings. The van der Waals surface area contributed by atoms with Crippen LogP contribution in [-0.4, -0.2) is 19.9 Å². The van der Waals surface area contributed by atoms with Gasteiger partial charge < -0.3 is 9.47 Å². The summed E-state index contributed by atoms with van der Waals surface area (Å²) in [6.07, 6.45) is 0. The molecule has 0 atom stereocenters.